The van der Waals surface area contributed by atoms with Crippen LogP contribution in [0.25, 0.3) is 0 Å². The molecule has 0 aliphatic heterocycles. The molecule has 0 bridgehead atoms. The Labute approximate surface area is 104 Å². The summed E-state index contributed by atoms with van der Waals surface area (Å²) in [6.07, 6.45) is 4.35. The van der Waals surface area contributed by atoms with Gasteiger partial charge < -0.3 is 5.32 Å². The van der Waals surface area contributed by atoms with E-state index in [1.54, 1.807) is 0 Å². The number of nitrogens with one attached hydrogen (secondary N) is 1. The van der Waals surface area contributed by atoms with E-state index in [2.05, 4.69) is 27.9 Å². The highest BCUT2D eigenvalue weighted by molar-refractivity contribution is 14.1. The standard InChI is InChI=1S/C12H14INO/c13-10-2-1-3-11(8-10)14-12(15)7-6-9-4-5-9/h1-3,8-9H,4-7H2,(H,14,15). The average Bonchev–Trinajstić information content (AvgIpc) is 2.98. The van der Waals surface area contributed by atoms with E-state index in [0.29, 0.717) is 6.42 Å². The summed E-state index contributed by atoms with van der Waals surface area (Å²) in [5.41, 5.74) is 0.905. The third-order valence-corrected chi connectivity index (χ3v) is 3.26. The molecule has 0 radical (unpaired) electrons. The van der Waals surface area contributed by atoms with Crippen LogP contribution in [0.3, 0.4) is 0 Å². The summed E-state index contributed by atoms with van der Waals surface area (Å²) < 4.78 is 1.15. The second-order valence-corrected chi connectivity index (χ2v) is 5.29. The maximum atomic E-state index is 11.5. The summed E-state index contributed by atoms with van der Waals surface area (Å²) in [5, 5.41) is 2.92. The van der Waals surface area contributed by atoms with Crippen molar-refractivity contribution < 1.29 is 4.79 Å². The molecule has 3 heteroatoms. The Morgan fingerprint density at radius 3 is 2.93 bits per heavy atom. The van der Waals surface area contributed by atoms with Gasteiger partial charge in [-0.25, -0.2) is 0 Å². The molecule has 0 aromatic heterocycles. The van der Waals surface area contributed by atoms with Gasteiger partial charge in [-0.3, -0.25) is 4.79 Å². The molecule has 1 aliphatic rings. The highest BCUT2D eigenvalue weighted by Crippen LogP contribution is 2.33. The lowest BCUT2D eigenvalue weighted by Gasteiger charge is -2.04. The van der Waals surface area contributed by atoms with E-state index in [9.17, 15) is 4.79 Å². The number of hydrogen-bond acceptors (Lipinski definition) is 1. The molecular formula is C12H14INO. The van der Waals surface area contributed by atoms with Gasteiger partial charge in [-0.05, 0) is 53.1 Å². The number of amides is 1. The van der Waals surface area contributed by atoms with Crippen LogP contribution in [0.4, 0.5) is 5.69 Å². The molecule has 0 unspecified atom stereocenters. The van der Waals surface area contributed by atoms with E-state index in [-0.39, 0.29) is 5.91 Å². The van der Waals surface area contributed by atoms with Gasteiger partial charge in [0.1, 0.15) is 0 Å². The van der Waals surface area contributed by atoms with Gasteiger partial charge in [0.15, 0.2) is 0 Å². The molecule has 0 saturated heterocycles. The zero-order chi connectivity index (χ0) is 10.7. The van der Waals surface area contributed by atoms with E-state index in [1.807, 2.05) is 24.3 Å². The van der Waals surface area contributed by atoms with Gasteiger partial charge in [0, 0.05) is 15.7 Å². The quantitative estimate of drug-likeness (QED) is 0.848. The summed E-state index contributed by atoms with van der Waals surface area (Å²) >= 11 is 2.24. The Bertz CT molecular complexity index is 360. The van der Waals surface area contributed by atoms with Gasteiger partial charge >= 0.3 is 0 Å². The van der Waals surface area contributed by atoms with E-state index < -0.39 is 0 Å². The predicted octanol–water partition coefficient (Wildman–Crippen LogP) is 3.42. The van der Waals surface area contributed by atoms with Crippen LogP contribution in [-0.2, 0) is 4.79 Å². The van der Waals surface area contributed by atoms with E-state index in [1.165, 1.54) is 12.8 Å². The summed E-state index contributed by atoms with van der Waals surface area (Å²) in [7, 11) is 0. The van der Waals surface area contributed by atoms with Crippen molar-refractivity contribution in [3.63, 3.8) is 0 Å². The molecule has 80 valence electrons. The van der Waals surface area contributed by atoms with Crippen molar-refractivity contribution in [1.29, 1.82) is 0 Å². The van der Waals surface area contributed by atoms with Crippen LogP contribution in [0, 0.1) is 9.49 Å². The molecule has 2 rings (SSSR count). The second kappa shape index (κ2) is 4.96. The average molecular weight is 315 g/mol. The van der Waals surface area contributed by atoms with Crippen molar-refractivity contribution >= 4 is 34.2 Å². The maximum Gasteiger partial charge on any atom is 0.224 e. The minimum Gasteiger partial charge on any atom is -0.326 e. The van der Waals surface area contributed by atoms with Gasteiger partial charge in [0.2, 0.25) is 5.91 Å². The first-order valence-corrected chi connectivity index (χ1v) is 6.37. The van der Waals surface area contributed by atoms with Gasteiger partial charge in [0.25, 0.3) is 0 Å². The van der Waals surface area contributed by atoms with Crippen LogP contribution >= 0.6 is 22.6 Å². The second-order valence-electron chi connectivity index (χ2n) is 4.04. The topological polar surface area (TPSA) is 29.1 Å². The molecule has 1 saturated carbocycles. The van der Waals surface area contributed by atoms with Crippen LogP contribution in [0.5, 0.6) is 0 Å². The summed E-state index contributed by atoms with van der Waals surface area (Å²) in [4.78, 5) is 11.5. The number of benzene rings is 1. The maximum absolute atomic E-state index is 11.5. The molecule has 0 atom stereocenters. The normalized spacial score (nSPS) is 15.0. The van der Waals surface area contributed by atoms with Crippen molar-refractivity contribution in [2.45, 2.75) is 25.7 Å². The Morgan fingerprint density at radius 2 is 2.27 bits per heavy atom. The highest BCUT2D eigenvalue weighted by atomic mass is 127. The molecule has 15 heavy (non-hydrogen) atoms. The molecule has 1 aliphatic carbocycles. The Hall–Kier alpha value is -0.580. The zero-order valence-corrected chi connectivity index (χ0v) is 10.7. The molecule has 0 heterocycles. The van der Waals surface area contributed by atoms with E-state index in [0.717, 1.165) is 21.6 Å². The lowest BCUT2D eigenvalue weighted by molar-refractivity contribution is -0.116. The molecular weight excluding hydrogens is 301 g/mol. The monoisotopic (exact) mass is 315 g/mol. The molecule has 1 fully saturated rings. The molecule has 2 nitrogen and oxygen atoms in total. The third-order valence-electron chi connectivity index (χ3n) is 2.58. The smallest absolute Gasteiger partial charge is 0.224 e. The first kappa shape index (κ1) is 10.9. The van der Waals surface area contributed by atoms with Crippen LogP contribution in [0.15, 0.2) is 24.3 Å². The molecule has 1 aromatic carbocycles. The third kappa shape index (κ3) is 3.81. The van der Waals surface area contributed by atoms with Gasteiger partial charge in [0.05, 0.1) is 0 Å². The van der Waals surface area contributed by atoms with Crippen molar-refractivity contribution in [2.75, 3.05) is 5.32 Å². The minimum atomic E-state index is 0.143. The van der Waals surface area contributed by atoms with Crippen molar-refractivity contribution in [1.82, 2.24) is 0 Å². The predicted molar refractivity (Wildman–Crippen MR) is 69.7 cm³/mol. The molecule has 1 aromatic rings. The lowest BCUT2D eigenvalue weighted by atomic mass is 10.2. The van der Waals surface area contributed by atoms with Gasteiger partial charge in [-0.1, -0.05) is 18.9 Å². The van der Waals surface area contributed by atoms with Crippen LogP contribution < -0.4 is 5.32 Å². The number of carbonyl (C=O) groups excluding carboxylic acids is 1. The first-order valence-electron chi connectivity index (χ1n) is 5.29. The molecule has 1 N–H and O–H groups in total. The van der Waals surface area contributed by atoms with E-state index >= 15 is 0 Å². The molecule has 0 spiro atoms. The zero-order valence-electron chi connectivity index (χ0n) is 8.50. The first-order chi connectivity index (χ1) is 7.24. The summed E-state index contributed by atoms with van der Waals surface area (Å²) in [6.45, 7) is 0. The number of carbonyl (C=O) groups is 1. The summed E-state index contributed by atoms with van der Waals surface area (Å²) in [6, 6.07) is 7.88. The fourth-order valence-electron chi connectivity index (χ4n) is 1.53. The lowest BCUT2D eigenvalue weighted by Crippen LogP contribution is -2.11. The van der Waals surface area contributed by atoms with E-state index in [4.69, 9.17) is 0 Å². The number of anilines is 1. The van der Waals surface area contributed by atoms with Crippen LogP contribution in [-0.4, -0.2) is 5.91 Å². The highest BCUT2D eigenvalue weighted by Gasteiger charge is 2.21. The Balaban J connectivity index is 1.81. The fraction of sp³-hybridized carbons (Fsp3) is 0.417. The number of hydrogen-bond donors (Lipinski definition) is 1. The van der Waals surface area contributed by atoms with Gasteiger partial charge in [-0.15, -0.1) is 0 Å². The van der Waals surface area contributed by atoms with Crippen LogP contribution in [0.2, 0.25) is 0 Å². The molecule has 1 amide bonds. The Kier molecular flexibility index (Phi) is 3.61. The summed E-state index contributed by atoms with van der Waals surface area (Å²) in [5.74, 6) is 0.968. The largest absolute Gasteiger partial charge is 0.326 e. The number of rotatable bonds is 4. The van der Waals surface area contributed by atoms with Crippen molar-refractivity contribution in [2.24, 2.45) is 5.92 Å². The SMILES string of the molecule is O=C(CCC1CC1)Nc1cccc(I)c1. The Morgan fingerprint density at radius 1 is 1.47 bits per heavy atom. The van der Waals surface area contributed by atoms with Crippen LogP contribution in [0.1, 0.15) is 25.7 Å². The van der Waals surface area contributed by atoms with Crippen molar-refractivity contribution in [3.8, 4) is 0 Å². The number of halogens is 1. The fourth-order valence-corrected chi connectivity index (χ4v) is 2.07. The minimum absolute atomic E-state index is 0.143. The van der Waals surface area contributed by atoms with Crippen molar-refractivity contribution in [3.05, 3.63) is 27.8 Å². The van der Waals surface area contributed by atoms with Gasteiger partial charge in [-0.2, -0.15) is 0 Å².